The summed E-state index contributed by atoms with van der Waals surface area (Å²) >= 11 is 0. The quantitative estimate of drug-likeness (QED) is 0.0383. The minimum atomic E-state index is -2.10. The average molecular weight is 1390 g/mol. The Labute approximate surface area is 571 Å². The van der Waals surface area contributed by atoms with E-state index >= 15 is 0 Å². The summed E-state index contributed by atoms with van der Waals surface area (Å²) in [4.78, 5) is 26.4. The van der Waals surface area contributed by atoms with E-state index in [4.69, 9.17) is 37.9 Å². The van der Waals surface area contributed by atoms with Gasteiger partial charge in [-0.2, -0.15) is 0 Å². The third kappa shape index (κ3) is 30.2. The fraction of sp³-hybridized carbons (Fsp3) is 0.971. The zero-order chi connectivity index (χ0) is 70.5. The highest BCUT2D eigenvalue weighted by Gasteiger charge is 2.54. The van der Waals surface area contributed by atoms with Crippen molar-refractivity contribution >= 4 is 11.8 Å². The van der Waals surface area contributed by atoms with Crippen LogP contribution >= 0.6 is 0 Å². The van der Waals surface area contributed by atoms with Crippen LogP contribution in [0.4, 0.5) is 0 Å². The standard InChI is InChI=1S/C70H132N2O24/c1-6-8-9-10-11-12-13-14-15-16-17-18-19-20-21-22-27-30-33-36-39-49(77)66(88)72-47(55(79)48(76)38-35-32-29-26-24-23-25-28-31-34-37-44(3)7-2)42-89-70-65(61(85)56(80)50(40-73)93-70)96-69-63(87)60(84)57(81)52(94-69)43-90-67-53(71-46(5)75)64(58(82)51(41-74)92-67)95-68-62(86)59(83)54(78)45(4)91-68/h44-45,47-65,67-70,73-74,76-87H,6-43H2,1-5H3,(H,71,75)(H,72,88). The van der Waals surface area contributed by atoms with Gasteiger partial charge in [0.2, 0.25) is 11.8 Å². The molecule has 26 heteroatoms. The minimum absolute atomic E-state index is 0.124. The normalized spacial score (nSPS) is 32.7. The smallest absolute Gasteiger partial charge is 0.249 e. The number of carbonyl (C=O) groups is 2. The molecule has 4 aliphatic heterocycles. The largest absolute Gasteiger partial charge is 0.394 e. The topological polar surface area (TPSA) is 415 Å². The van der Waals surface area contributed by atoms with Crippen LogP contribution in [0, 0.1) is 5.92 Å². The lowest BCUT2D eigenvalue weighted by Crippen LogP contribution is -2.68. The van der Waals surface area contributed by atoms with Crippen LogP contribution in [0.5, 0.6) is 0 Å². The molecule has 0 aromatic heterocycles. The van der Waals surface area contributed by atoms with E-state index in [-0.39, 0.29) is 12.8 Å². The highest BCUT2D eigenvalue weighted by Crippen LogP contribution is 2.34. The van der Waals surface area contributed by atoms with Crippen LogP contribution in [0.1, 0.15) is 253 Å². The summed E-state index contributed by atoms with van der Waals surface area (Å²) < 4.78 is 47.2. The van der Waals surface area contributed by atoms with Crippen molar-refractivity contribution in [2.45, 2.75) is 400 Å². The number of hydrogen-bond donors (Lipinski definition) is 16. The molecule has 0 aromatic carbocycles. The van der Waals surface area contributed by atoms with Gasteiger partial charge in [-0.25, -0.2) is 0 Å². The van der Waals surface area contributed by atoms with Crippen molar-refractivity contribution in [3.63, 3.8) is 0 Å². The third-order valence-corrected chi connectivity index (χ3v) is 19.9. The predicted molar refractivity (Wildman–Crippen MR) is 355 cm³/mol. The van der Waals surface area contributed by atoms with Crippen LogP contribution in [-0.2, 0) is 47.5 Å². The van der Waals surface area contributed by atoms with Gasteiger partial charge in [0.1, 0.15) is 104 Å². The molecule has 16 N–H and O–H groups in total. The van der Waals surface area contributed by atoms with Gasteiger partial charge in [-0.3, -0.25) is 9.59 Å². The van der Waals surface area contributed by atoms with Crippen molar-refractivity contribution in [2.75, 3.05) is 26.4 Å². The second kappa shape index (κ2) is 48.9. The first-order valence-electron chi connectivity index (χ1n) is 37.2. The maximum atomic E-state index is 13.8. The number of ether oxygens (including phenoxy) is 8. The maximum absolute atomic E-state index is 13.8. The summed E-state index contributed by atoms with van der Waals surface area (Å²) in [6, 6.07) is -2.93. The number of carbonyl (C=O) groups excluding carboxylic acids is 2. The first-order chi connectivity index (χ1) is 46.1. The summed E-state index contributed by atoms with van der Waals surface area (Å²) in [5, 5.41) is 159. The summed E-state index contributed by atoms with van der Waals surface area (Å²) in [6.07, 6.45) is -0.526. The number of hydrogen-bond acceptors (Lipinski definition) is 24. The lowest BCUT2D eigenvalue weighted by Gasteiger charge is -2.48. The summed E-state index contributed by atoms with van der Waals surface area (Å²) in [5.41, 5.74) is 0. The molecule has 25 unspecified atom stereocenters. The Bertz CT molecular complexity index is 1990. The third-order valence-electron chi connectivity index (χ3n) is 19.9. The second-order valence-electron chi connectivity index (χ2n) is 28.0. The predicted octanol–water partition coefficient (Wildman–Crippen LogP) is 3.95. The summed E-state index contributed by atoms with van der Waals surface area (Å²) in [6.45, 7) is 6.11. The zero-order valence-electron chi connectivity index (χ0n) is 58.6. The van der Waals surface area contributed by atoms with Gasteiger partial charge in [-0.05, 0) is 25.7 Å². The lowest BCUT2D eigenvalue weighted by molar-refractivity contribution is -0.373. The van der Waals surface area contributed by atoms with Crippen LogP contribution in [0.3, 0.4) is 0 Å². The van der Waals surface area contributed by atoms with E-state index in [9.17, 15) is 81.1 Å². The molecule has 2 amide bonds. The van der Waals surface area contributed by atoms with Gasteiger partial charge in [0.05, 0.1) is 44.7 Å². The van der Waals surface area contributed by atoms with Gasteiger partial charge in [0.15, 0.2) is 25.2 Å². The monoisotopic (exact) mass is 1380 g/mol. The van der Waals surface area contributed by atoms with Gasteiger partial charge in [0, 0.05) is 6.92 Å². The second-order valence-corrected chi connectivity index (χ2v) is 28.0. The SMILES string of the molecule is CCCCCCCCCCCCCCCCCCCCCCC(O)C(=O)NC(COC1OC(CO)C(O)C(O)C1OC1OC(COC2OC(CO)C(O)C(OC3OC(C)C(O)C(O)C3O)C2NC(C)=O)C(O)C(O)C1O)C(O)C(O)CCCCCCCCCCCCC(C)CC. The molecule has 0 aliphatic carbocycles. The van der Waals surface area contributed by atoms with Crippen LogP contribution in [0.15, 0.2) is 0 Å². The number of nitrogens with one attached hydrogen (secondary N) is 2. The van der Waals surface area contributed by atoms with Gasteiger partial charge in [-0.15, -0.1) is 0 Å². The number of aliphatic hydroxyl groups is 14. The van der Waals surface area contributed by atoms with E-state index in [1.54, 1.807) is 0 Å². The molecule has 0 radical (unpaired) electrons. The molecule has 96 heavy (non-hydrogen) atoms. The van der Waals surface area contributed by atoms with E-state index in [0.717, 1.165) is 70.6 Å². The van der Waals surface area contributed by atoms with E-state index in [1.165, 1.54) is 142 Å². The Balaban J connectivity index is 1.38. The Hall–Kier alpha value is -1.94. The average Bonchev–Trinajstić information content (AvgIpc) is 0.788. The Morgan fingerprint density at radius 3 is 1.35 bits per heavy atom. The van der Waals surface area contributed by atoms with Crippen molar-refractivity contribution in [3.05, 3.63) is 0 Å². The van der Waals surface area contributed by atoms with Crippen molar-refractivity contribution in [3.8, 4) is 0 Å². The molecule has 4 aliphatic rings. The van der Waals surface area contributed by atoms with Gasteiger partial charge < -0.3 is 120 Å². The van der Waals surface area contributed by atoms with Crippen molar-refractivity contribution in [2.24, 2.45) is 5.92 Å². The van der Waals surface area contributed by atoms with Crippen molar-refractivity contribution < 1.29 is 119 Å². The van der Waals surface area contributed by atoms with Gasteiger partial charge in [-0.1, -0.05) is 226 Å². The molecule has 25 atom stereocenters. The van der Waals surface area contributed by atoms with Crippen molar-refractivity contribution in [1.82, 2.24) is 10.6 Å². The Morgan fingerprint density at radius 2 is 0.865 bits per heavy atom. The van der Waals surface area contributed by atoms with E-state index < -0.39 is 185 Å². The number of unbranched alkanes of at least 4 members (excludes halogenated alkanes) is 28. The molecular weight excluding hydrogens is 1250 g/mol. The number of amides is 2. The molecule has 566 valence electrons. The highest BCUT2D eigenvalue weighted by molar-refractivity contribution is 5.80. The fourth-order valence-electron chi connectivity index (χ4n) is 13.2. The van der Waals surface area contributed by atoms with Crippen LogP contribution < -0.4 is 10.6 Å². The number of aliphatic hydroxyl groups excluding tert-OH is 14. The van der Waals surface area contributed by atoms with E-state index in [0.29, 0.717) is 12.8 Å². The van der Waals surface area contributed by atoms with E-state index in [2.05, 4.69) is 31.4 Å². The van der Waals surface area contributed by atoms with Crippen molar-refractivity contribution in [1.29, 1.82) is 0 Å². The summed E-state index contributed by atoms with van der Waals surface area (Å²) in [7, 11) is 0. The molecule has 4 fully saturated rings. The highest BCUT2D eigenvalue weighted by atomic mass is 16.8. The van der Waals surface area contributed by atoms with Crippen LogP contribution in [0.25, 0.3) is 0 Å². The first-order valence-corrected chi connectivity index (χ1v) is 37.2. The van der Waals surface area contributed by atoms with Crippen LogP contribution in [0.2, 0.25) is 0 Å². The van der Waals surface area contributed by atoms with Gasteiger partial charge in [0.25, 0.3) is 0 Å². The van der Waals surface area contributed by atoms with E-state index in [1.807, 2.05) is 0 Å². The lowest BCUT2D eigenvalue weighted by atomic mass is 9.95. The van der Waals surface area contributed by atoms with Crippen LogP contribution in [-0.4, -0.2) is 257 Å². The molecule has 4 saturated heterocycles. The Kier molecular flexibility index (Phi) is 44.0. The molecule has 4 heterocycles. The molecule has 26 nitrogen and oxygen atoms in total. The summed E-state index contributed by atoms with van der Waals surface area (Å²) in [5.74, 6) is -0.786. The molecular formula is C70H132N2O24. The molecule has 0 aromatic rings. The Morgan fingerprint density at radius 1 is 0.448 bits per heavy atom. The number of rotatable bonds is 52. The molecule has 0 bridgehead atoms. The van der Waals surface area contributed by atoms with Gasteiger partial charge >= 0.3 is 0 Å². The minimum Gasteiger partial charge on any atom is -0.394 e. The molecule has 0 spiro atoms. The first kappa shape index (κ1) is 86.5. The fourth-order valence-corrected chi connectivity index (χ4v) is 13.2. The zero-order valence-corrected chi connectivity index (χ0v) is 58.6. The molecule has 0 saturated carbocycles. The maximum Gasteiger partial charge on any atom is 0.249 e. The molecule has 4 rings (SSSR count).